The van der Waals surface area contributed by atoms with Gasteiger partial charge in [0.15, 0.2) is 0 Å². The molecular formula is C21H17ClF3NO3. The number of furan rings is 1. The van der Waals surface area contributed by atoms with Gasteiger partial charge in [-0.1, -0.05) is 35.9 Å². The molecule has 29 heavy (non-hydrogen) atoms. The van der Waals surface area contributed by atoms with Gasteiger partial charge in [-0.2, -0.15) is 13.2 Å². The Bertz CT molecular complexity index is 1040. The average Bonchev–Trinajstić information content (AvgIpc) is 3.11. The van der Waals surface area contributed by atoms with Gasteiger partial charge in [0, 0.05) is 22.3 Å². The smallest absolute Gasteiger partial charge is 0.417 e. The van der Waals surface area contributed by atoms with Crippen molar-refractivity contribution in [2.24, 2.45) is 0 Å². The Hall–Kier alpha value is -3.03. The molecule has 0 bridgehead atoms. The highest BCUT2D eigenvalue weighted by molar-refractivity contribution is 6.31. The molecule has 3 rings (SSSR count). The molecule has 0 aliphatic rings. The molecule has 1 heterocycles. The second kappa shape index (κ2) is 8.98. The molecule has 2 aromatic carbocycles. The van der Waals surface area contributed by atoms with Gasteiger partial charge >= 0.3 is 6.18 Å². The van der Waals surface area contributed by atoms with Crippen LogP contribution in [0.1, 0.15) is 16.9 Å². The number of carbonyl (C=O) groups excluding carboxylic acids is 1. The SMILES string of the molecule is Cc1ccc(Cl)cc1NC(=O)/C=C/c1ccc(-c2ccccc2C(F)(F)F)o1.O. The number of benzene rings is 2. The summed E-state index contributed by atoms with van der Waals surface area (Å²) in [6, 6.07) is 13.2. The van der Waals surface area contributed by atoms with Gasteiger partial charge in [0.25, 0.3) is 0 Å². The minimum atomic E-state index is -4.49. The lowest BCUT2D eigenvalue weighted by Gasteiger charge is -2.10. The van der Waals surface area contributed by atoms with E-state index in [0.29, 0.717) is 10.7 Å². The standard InChI is InChI=1S/C21H15ClF3NO2.H2O/c1-13-6-7-14(22)12-18(13)26-20(27)11-9-15-8-10-19(28-15)16-4-2-3-5-17(16)21(23,24)25;/h2-12H,1H3,(H,26,27);1H2/b11-9+;. The predicted octanol–water partition coefficient (Wildman–Crippen LogP) is 5.75. The maximum atomic E-state index is 13.1. The Morgan fingerprint density at radius 2 is 1.83 bits per heavy atom. The quantitative estimate of drug-likeness (QED) is 0.542. The van der Waals surface area contributed by atoms with Crippen LogP contribution in [-0.2, 0) is 11.0 Å². The van der Waals surface area contributed by atoms with Crippen molar-refractivity contribution < 1.29 is 27.9 Å². The first-order chi connectivity index (χ1) is 13.2. The van der Waals surface area contributed by atoms with Gasteiger partial charge in [0.1, 0.15) is 11.5 Å². The molecule has 0 saturated carbocycles. The number of amides is 1. The molecule has 0 radical (unpaired) electrons. The van der Waals surface area contributed by atoms with Gasteiger partial charge < -0.3 is 15.2 Å². The molecule has 152 valence electrons. The molecule has 3 aromatic rings. The normalized spacial score (nSPS) is 11.3. The van der Waals surface area contributed by atoms with Crippen molar-refractivity contribution in [1.82, 2.24) is 0 Å². The number of carbonyl (C=O) groups is 1. The Balaban J connectivity index is 0.00000300. The van der Waals surface area contributed by atoms with Crippen LogP contribution in [0.15, 0.2) is 65.1 Å². The van der Waals surface area contributed by atoms with Crippen LogP contribution in [0.5, 0.6) is 0 Å². The number of hydrogen-bond donors (Lipinski definition) is 1. The monoisotopic (exact) mass is 423 g/mol. The maximum absolute atomic E-state index is 13.1. The van der Waals surface area contributed by atoms with Crippen molar-refractivity contribution in [2.75, 3.05) is 5.32 Å². The van der Waals surface area contributed by atoms with Crippen molar-refractivity contribution >= 4 is 29.3 Å². The van der Waals surface area contributed by atoms with Gasteiger partial charge in [-0.25, -0.2) is 0 Å². The lowest BCUT2D eigenvalue weighted by Crippen LogP contribution is -2.08. The lowest BCUT2D eigenvalue weighted by atomic mass is 10.1. The summed E-state index contributed by atoms with van der Waals surface area (Å²) in [5, 5.41) is 3.18. The molecule has 0 aliphatic carbocycles. The third-order valence-corrected chi connectivity index (χ3v) is 4.22. The summed E-state index contributed by atoms with van der Waals surface area (Å²) in [6.45, 7) is 1.83. The summed E-state index contributed by atoms with van der Waals surface area (Å²) < 4.78 is 44.9. The number of rotatable bonds is 4. The van der Waals surface area contributed by atoms with E-state index in [1.165, 1.54) is 42.5 Å². The van der Waals surface area contributed by atoms with E-state index in [9.17, 15) is 18.0 Å². The first kappa shape index (κ1) is 22.3. The van der Waals surface area contributed by atoms with E-state index in [-0.39, 0.29) is 22.6 Å². The number of hydrogen-bond acceptors (Lipinski definition) is 2. The topological polar surface area (TPSA) is 73.7 Å². The summed E-state index contributed by atoms with van der Waals surface area (Å²) in [7, 11) is 0. The summed E-state index contributed by atoms with van der Waals surface area (Å²) in [5.41, 5.74) is 0.569. The van der Waals surface area contributed by atoms with Crippen LogP contribution < -0.4 is 5.32 Å². The molecular weight excluding hydrogens is 407 g/mol. The lowest BCUT2D eigenvalue weighted by molar-refractivity contribution is -0.137. The molecule has 1 aromatic heterocycles. The molecule has 4 nitrogen and oxygen atoms in total. The van der Waals surface area contributed by atoms with Gasteiger partial charge in [-0.3, -0.25) is 4.79 Å². The second-order valence-electron chi connectivity index (χ2n) is 6.03. The zero-order valence-corrected chi connectivity index (χ0v) is 15.9. The number of alkyl halides is 3. The molecule has 0 saturated heterocycles. The van der Waals surface area contributed by atoms with Crippen LogP contribution in [0.2, 0.25) is 5.02 Å². The fourth-order valence-corrected chi connectivity index (χ4v) is 2.77. The van der Waals surface area contributed by atoms with Gasteiger partial charge in [0.2, 0.25) is 5.91 Å². The maximum Gasteiger partial charge on any atom is 0.417 e. The van der Waals surface area contributed by atoms with E-state index in [2.05, 4.69) is 5.32 Å². The summed E-state index contributed by atoms with van der Waals surface area (Å²) >= 11 is 5.91. The van der Waals surface area contributed by atoms with E-state index < -0.39 is 17.6 Å². The van der Waals surface area contributed by atoms with E-state index in [1.807, 2.05) is 6.92 Å². The fraction of sp³-hybridized carbons (Fsp3) is 0.0952. The van der Waals surface area contributed by atoms with Crippen LogP contribution in [0.4, 0.5) is 18.9 Å². The van der Waals surface area contributed by atoms with Gasteiger partial charge in [-0.05, 0) is 48.9 Å². The van der Waals surface area contributed by atoms with Crippen LogP contribution in [-0.4, -0.2) is 11.4 Å². The largest absolute Gasteiger partial charge is 0.457 e. The molecule has 3 N–H and O–H groups in total. The minimum absolute atomic E-state index is 0. The molecule has 0 spiro atoms. The van der Waals surface area contributed by atoms with E-state index in [1.54, 1.807) is 18.2 Å². The molecule has 1 amide bonds. The highest BCUT2D eigenvalue weighted by Crippen LogP contribution is 2.37. The Labute approximate surface area is 169 Å². The fourth-order valence-electron chi connectivity index (χ4n) is 2.59. The van der Waals surface area contributed by atoms with Crippen molar-refractivity contribution in [3.63, 3.8) is 0 Å². The van der Waals surface area contributed by atoms with Crippen LogP contribution in [0, 0.1) is 6.92 Å². The van der Waals surface area contributed by atoms with E-state index in [4.69, 9.17) is 16.0 Å². The van der Waals surface area contributed by atoms with Crippen molar-refractivity contribution in [3.05, 3.63) is 82.6 Å². The Kier molecular flexibility index (Phi) is 6.89. The summed E-state index contributed by atoms with van der Waals surface area (Å²) in [5.74, 6) is -0.0948. The third kappa shape index (κ3) is 5.49. The van der Waals surface area contributed by atoms with Crippen molar-refractivity contribution in [3.8, 4) is 11.3 Å². The van der Waals surface area contributed by atoms with Crippen LogP contribution in [0.25, 0.3) is 17.4 Å². The Morgan fingerprint density at radius 1 is 1.10 bits per heavy atom. The Morgan fingerprint density at radius 3 is 2.55 bits per heavy atom. The molecule has 0 fully saturated rings. The molecule has 0 atom stereocenters. The summed E-state index contributed by atoms with van der Waals surface area (Å²) in [4.78, 5) is 12.1. The number of anilines is 1. The van der Waals surface area contributed by atoms with Crippen molar-refractivity contribution in [2.45, 2.75) is 13.1 Å². The first-order valence-corrected chi connectivity index (χ1v) is 8.63. The predicted molar refractivity (Wildman–Crippen MR) is 107 cm³/mol. The highest BCUT2D eigenvalue weighted by Gasteiger charge is 2.34. The minimum Gasteiger partial charge on any atom is -0.457 e. The van der Waals surface area contributed by atoms with Crippen molar-refractivity contribution in [1.29, 1.82) is 0 Å². The van der Waals surface area contributed by atoms with Crippen LogP contribution in [0.3, 0.4) is 0 Å². The van der Waals surface area contributed by atoms with Crippen LogP contribution >= 0.6 is 11.6 Å². The first-order valence-electron chi connectivity index (χ1n) is 8.26. The zero-order chi connectivity index (χ0) is 20.3. The number of aryl methyl sites for hydroxylation is 1. The van der Waals surface area contributed by atoms with E-state index in [0.717, 1.165) is 11.6 Å². The second-order valence-corrected chi connectivity index (χ2v) is 6.46. The highest BCUT2D eigenvalue weighted by atomic mass is 35.5. The van der Waals surface area contributed by atoms with Gasteiger partial charge in [0.05, 0.1) is 5.56 Å². The zero-order valence-electron chi connectivity index (χ0n) is 15.2. The number of halogens is 4. The average molecular weight is 424 g/mol. The molecule has 0 unspecified atom stereocenters. The molecule has 0 aliphatic heterocycles. The van der Waals surface area contributed by atoms with Gasteiger partial charge in [-0.15, -0.1) is 0 Å². The van der Waals surface area contributed by atoms with E-state index >= 15 is 0 Å². The molecule has 8 heteroatoms. The number of nitrogens with one attached hydrogen (secondary N) is 1. The summed E-state index contributed by atoms with van der Waals surface area (Å²) in [6.07, 6.45) is -1.87. The third-order valence-electron chi connectivity index (χ3n) is 3.98.